The van der Waals surface area contributed by atoms with E-state index in [1.54, 1.807) is 12.1 Å². The van der Waals surface area contributed by atoms with Crippen LogP contribution in [-0.4, -0.2) is 24.2 Å². The standard InChI is InChI=1S/C23H18ClN3O2S/c1-30(28,29)22-20(15-7-3-2-4-8-15)26-23-25-18-9-5-6-10-19(18)27(23)21(22)16-11-13-17(24)14-12-16/h2-14,21H,1H3,(H,25,26). The van der Waals surface area contributed by atoms with Crippen molar-refractivity contribution in [3.8, 4) is 0 Å². The van der Waals surface area contributed by atoms with Gasteiger partial charge in [0.1, 0.15) is 6.04 Å². The Morgan fingerprint density at radius 1 is 0.933 bits per heavy atom. The van der Waals surface area contributed by atoms with Gasteiger partial charge in [0.25, 0.3) is 0 Å². The fraction of sp³-hybridized carbons (Fsp3) is 0.0870. The number of benzene rings is 3. The second-order valence-corrected chi connectivity index (χ2v) is 9.67. The third kappa shape index (κ3) is 3.09. The molecule has 150 valence electrons. The van der Waals surface area contributed by atoms with Crippen molar-refractivity contribution in [2.75, 3.05) is 11.6 Å². The summed E-state index contributed by atoms with van der Waals surface area (Å²) in [5.41, 5.74) is 3.80. The van der Waals surface area contributed by atoms with E-state index in [0.29, 0.717) is 21.6 Å². The molecule has 0 saturated carbocycles. The maximum Gasteiger partial charge on any atom is 0.209 e. The Balaban J connectivity index is 1.88. The summed E-state index contributed by atoms with van der Waals surface area (Å²) in [5.74, 6) is 0.599. The van der Waals surface area contributed by atoms with Crippen LogP contribution >= 0.6 is 11.6 Å². The molecule has 1 aliphatic rings. The van der Waals surface area contributed by atoms with E-state index in [0.717, 1.165) is 22.2 Å². The first-order valence-electron chi connectivity index (χ1n) is 9.42. The Hall–Kier alpha value is -3.09. The van der Waals surface area contributed by atoms with Gasteiger partial charge >= 0.3 is 0 Å². The molecule has 2 heterocycles. The van der Waals surface area contributed by atoms with Gasteiger partial charge in [-0.25, -0.2) is 13.4 Å². The largest absolute Gasteiger partial charge is 0.324 e. The number of nitrogens with zero attached hydrogens (tertiary/aromatic N) is 2. The van der Waals surface area contributed by atoms with Crippen LogP contribution in [-0.2, 0) is 9.84 Å². The molecule has 0 saturated heterocycles. The minimum atomic E-state index is -3.58. The highest BCUT2D eigenvalue weighted by Gasteiger charge is 2.37. The minimum Gasteiger partial charge on any atom is -0.324 e. The summed E-state index contributed by atoms with van der Waals surface area (Å²) in [6.45, 7) is 0. The third-order valence-electron chi connectivity index (χ3n) is 5.23. The molecular formula is C23H18ClN3O2S. The fourth-order valence-electron chi connectivity index (χ4n) is 3.97. The molecule has 5 nitrogen and oxygen atoms in total. The molecule has 0 amide bonds. The molecule has 3 aromatic carbocycles. The average molecular weight is 436 g/mol. The lowest BCUT2D eigenvalue weighted by molar-refractivity contribution is 0.597. The summed E-state index contributed by atoms with van der Waals surface area (Å²) in [6.07, 6.45) is 1.25. The number of allylic oxidation sites excluding steroid dienone is 1. The van der Waals surface area contributed by atoms with E-state index in [1.165, 1.54) is 6.26 Å². The van der Waals surface area contributed by atoms with E-state index >= 15 is 0 Å². The number of fused-ring (bicyclic) bond motifs is 3. The lowest BCUT2D eigenvalue weighted by Gasteiger charge is -2.31. The molecule has 0 bridgehead atoms. The Kier molecular flexibility index (Phi) is 4.41. The van der Waals surface area contributed by atoms with Gasteiger partial charge in [-0.15, -0.1) is 0 Å². The van der Waals surface area contributed by atoms with Gasteiger partial charge < -0.3 is 5.32 Å². The Morgan fingerprint density at radius 3 is 2.30 bits per heavy atom. The molecule has 1 N–H and O–H groups in total. The SMILES string of the molecule is CS(=O)(=O)C1=C(c2ccccc2)Nc2nc3ccccc3n2C1c1ccc(Cl)cc1. The summed E-state index contributed by atoms with van der Waals surface area (Å²) in [5, 5.41) is 3.89. The maximum absolute atomic E-state index is 13.1. The molecule has 1 unspecified atom stereocenters. The second-order valence-electron chi connectivity index (χ2n) is 7.25. The van der Waals surface area contributed by atoms with Crippen LogP contribution in [0.5, 0.6) is 0 Å². The van der Waals surface area contributed by atoms with Gasteiger partial charge in [0.2, 0.25) is 5.95 Å². The number of anilines is 1. The monoisotopic (exact) mass is 435 g/mol. The summed E-state index contributed by atoms with van der Waals surface area (Å²) in [6, 6.07) is 23.9. The molecule has 0 radical (unpaired) electrons. The van der Waals surface area contributed by atoms with Crippen molar-refractivity contribution in [3.05, 3.63) is 99.9 Å². The number of hydrogen-bond donors (Lipinski definition) is 1. The van der Waals surface area contributed by atoms with Crippen LogP contribution in [0.2, 0.25) is 5.02 Å². The molecule has 0 aliphatic carbocycles. The summed E-state index contributed by atoms with van der Waals surface area (Å²) >= 11 is 6.11. The molecular weight excluding hydrogens is 418 g/mol. The molecule has 7 heteroatoms. The quantitative estimate of drug-likeness (QED) is 0.485. The summed E-state index contributed by atoms with van der Waals surface area (Å²) < 4.78 is 28.2. The maximum atomic E-state index is 13.1. The van der Waals surface area contributed by atoms with Crippen molar-refractivity contribution in [2.45, 2.75) is 6.04 Å². The Morgan fingerprint density at radius 2 is 1.60 bits per heavy atom. The molecule has 1 aromatic heterocycles. The van der Waals surface area contributed by atoms with Gasteiger partial charge in [-0.2, -0.15) is 0 Å². The number of nitrogens with one attached hydrogen (secondary N) is 1. The van der Waals surface area contributed by atoms with Gasteiger partial charge in [0, 0.05) is 11.3 Å². The summed E-state index contributed by atoms with van der Waals surface area (Å²) in [7, 11) is -3.58. The van der Waals surface area contributed by atoms with Crippen molar-refractivity contribution in [3.63, 3.8) is 0 Å². The van der Waals surface area contributed by atoms with Crippen LogP contribution in [0.25, 0.3) is 16.7 Å². The predicted molar refractivity (Wildman–Crippen MR) is 121 cm³/mol. The highest BCUT2D eigenvalue weighted by molar-refractivity contribution is 7.94. The lowest BCUT2D eigenvalue weighted by Crippen LogP contribution is -2.27. The van der Waals surface area contributed by atoms with Gasteiger partial charge in [-0.05, 0) is 35.4 Å². The number of para-hydroxylation sites is 2. The van der Waals surface area contributed by atoms with E-state index in [1.807, 2.05) is 71.3 Å². The van der Waals surface area contributed by atoms with E-state index in [-0.39, 0.29) is 0 Å². The van der Waals surface area contributed by atoms with Gasteiger partial charge in [-0.3, -0.25) is 4.57 Å². The Labute approximate surface area is 179 Å². The van der Waals surface area contributed by atoms with Gasteiger partial charge in [0.15, 0.2) is 9.84 Å². The topological polar surface area (TPSA) is 64.0 Å². The van der Waals surface area contributed by atoms with Crippen molar-refractivity contribution >= 4 is 44.1 Å². The van der Waals surface area contributed by atoms with Crippen LogP contribution in [0, 0.1) is 0 Å². The first-order chi connectivity index (χ1) is 14.4. The van der Waals surface area contributed by atoms with Gasteiger partial charge in [-0.1, -0.05) is 66.2 Å². The lowest BCUT2D eigenvalue weighted by atomic mass is 10.0. The van der Waals surface area contributed by atoms with Crippen LogP contribution in [0.15, 0.2) is 83.8 Å². The summed E-state index contributed by atoms with van der Waals surface area (Å²) in [4.78, 5) is 5.03. The predicted octanol–water partition coefficient (Wildman–Crippen LogP) is 5.12. The van der Waals surface area contributed by atoms with Crippen molar-refractivity contribution in [2.24, 2.45) is 0 Å². The smallest absolute Gasteiger partial charge is 0.209 e. The number of imidazole rings is 1. The van der Waals surface area contributed by atoms with Crippen molar-refractivity contribution in [1.82, 2.24) is 9.55 Å². The van der Waals surface area contributed by atoms with E-state index in [2.05, 4.69) is 5.32 Å². The number of rotatable bonds is 3. The first kappa shape index (κ1) is 18.9. The average Bonchev–Trinajstić information content (AvgIpc) is 3.11. The van der Waals surface area contributed by atoms with Crippen LogP contribution in [0.4, 0.5) is 5.95 Å². The van der Waals surface area contributed by atoms with Crippen molar-refractivity contribution in [1.29, 1.82) is 0 Å². The van der Waals surface area contributed by atoms with E-state index in [9.17, 15) is 8.42 Å². The minimum absolute atomic E-state index is 0.298. The normalized spacial score (nSPS) is 16.4. The number of hydrogen-bond acceptors (Lipinski definition) is 4. The van der Waals surface area contributed by atoms with Crippen LogP contribution in [0.3, 0.4) is 0 Å². The molecule has 4 aromatic rings. The molecule has 0 spiro atoms. The van der Waals surface area contributed by atoms with Crippen LogP contribution in [0.1, 0.15) is 17.2 Å². The first-order valence-corrected chi connectivity index (χ1v) is 11.7. The van der Waals surface area contributed by atoms with Gasteiger partial charge in [0.05, 0.1) is 21.6 Å². The van der Waals surface area contributed by atoms with E-state index in [4.69, 9.17) is 16.6 Å². The van der Waals surface area contributed by atoms with Crippen molar-refractivity contribution < 1.29 is 8.42 Å². The fourth-order valence-corrected chi connectivity index (χ4v) is 5.29. The molecule has 5 rings (SSSR count). The Bertz CT molecular complexity index is 1390. The highest BCUT2D eigenvalue weighted by atomic mass is 35.5. The van der Waals surface area contributed by atoms with Crippen LogP contribution < -0.4 is 5.32 Å². The molecule has 30 heavy (non-hydrogen) atoms. The zero-order valence-corrected chi connectivity index (χ0v) is 17.7. The van der Waals surface area contributed by atoms with E-state index < -0.39 is 15.9 Å². The highest BCUT2D eigenvalue weighted by Crippen LogP contribution is 2.43. The molecule has 0 fully saturated rings. The number of aromatic nitrogens is 2. The number of halogens is 1. The zero-order valence-electron chi connectivity index (χ0n) is 16.1. The third-order valence-corrected chi connectivity index (χ3v) is 6.71. The molecule has 1 aliphatic heterocycles. The zero-order chi connectivity index (χ0) is 20.9. The number of sulfone groups is 1. The second kappa shape index (κ2) is 7.00. The molecule has 1 atom stereocenters.